The average Bonchev–Trinajstić information content (AvgIpc) is 3.08. The molecule has 0 fully saturated rings. The van der Waals surface area contributed by atoms with E-state index in [0.29, 0.717) is 30.5 Å². The van der Waals surface area contributed by atoms with Crippen molar-refractivity contribution in [2.45, 2.75) is 18.9 Å². The Morgan fingerprint density at radius 3 is 2.96 bits per heavy atom. The molecule has 1 aliphatic heterocycles. The molecular weight excluding hydrogens is 330 g/mol. The van der Waals surface area contributed by atoms with Crippen LogP contribution in [0.25, 0.3) is 6.08 Å². The number of rotatable bonds is 4. The highest BCUT2D eigenvalue weighted by Gasteiger charge is 2.22. The molecule has 0 radical (unpaired) electrons. The van der Waals surface area contributed by atoms with Crippen molar-refractivity contribution in [3.63, 3.8) is 0 Å². The zero-order valence-corrected chi connectivity index (χ0v) is 14.7. The molecule has 1 N–H and O–H groups in total. The Kier molecular flexibility index (Phi) is 4.52. The van der Waals surface area contributed by atoms with Gasteiger partial charge in [-0.05, 0) is 47.7 Å². The van der Waals surface area contributed by atoms with Crippen LogP contribution in [-0.2, 0) is 11.2 Å². The van der Waals surface area contributed by atoms with E-state index in [1.54, 1.807) is 19.3 Å². The third-order valence-electron chi connectivity index (χ3n) is 4.73. The first-order chi connectivity index (χ1) is 12.7. The summed E-state index contributed by atoms with van der Waals surface area (Å²) >= 11 is 0. The predicted octanol–water partition coefficient (Wildman–Crippen LogP) is 3.28. The molecule has 134 valence electrons. The van der Waals surface area contributed by atoms with E-state index in [2.05, 4.69) is 17.4 Å². The number of aryl methyl sites for hydroxylation is 1. The summed E-state index contributed by atoms with van der Waals surface area (Å²) in [5.41, 5.74) is 3.36. The number of ether oxygens (including phenoxy) is 3. The molecule has 0 bridgehead atoms. The lowest BCUT2D eigenvalue weighted by Gasteiger charge is -2.21. The highest BCUT2D eigenvalue weighted by atomic mass is 16.6. The molecule has 4 rings (SSSR count). The van der Waals surface area contributed by atoms with Crippen LogP contribution in [0, 0.1) is 0 Å². The maximum atomic E-state index is 12.3. The molecule has 26 heavy (non-hydrogen) atoms. The number of amides is 1. The third kappa shape index (κ3) is 3.25. The Hall–Kier alpha value is -2.95. The van der Waals surface area contributed by atoms with E-state index >= 15 is 0 Å². The summed E-state index contributed by atoms with van der Waals surface area (Å²) < 4.78 is 16.6. The molecule has 1 atom stereocenters. The fourth-order valence-corrected chi connectivity index (χ4v) is 3.49. The van der Waals surface area contributed by atoms with Crippen LogP contribution in [0.2, 0.25) is 0 Å². The molecule has 5 heteroatoms. The Balaban J connectivity index is 1.47. The number of hydrogen-bond donors (Lipinski definition) is 1. The standard InChI is InChI=1S/C21H21NO4/c1-24-18-12-14(13-19-21(18)26-11-10-25-19)6-9-20(23)22-17-8-7-15-4-2-3-5-16(15)17/h2-6,9,12-13,17H,7-8,10-11H2,1H3,(H,22,23)/b9-6+. The fraction of sp³-hybridized carbons (Fsp3) is 0.286. The van der Waals surface area contributed by atoms with Gasteiger partial charge in [-0.25, -0.2) is 0 Å². The Bertz CT molecular complexity index is 842. The first-order valence-electron chi connectivity index (χ1n) is 8.78. The maximum Gasteiger partial charge on any atom is 0.244 e. The van der Waals surface area contributed by atoms with Crippen molar-refractivity contribution in [2.24, 2.45) is 0 Å². The number of nitrogens with one attached hydrogen (secondary N) is 1. The van der Waals surface area contributed by atoms with Crippen molar-refractivity contribution in [1.82, 2.24) is 5.32 Å². The highest BCUT2D eigenvalue weighted by Crippen LogP contribution is 2.40. The smallest absolute Gasteiger partial charge is 0.244 e. The predicted molar refractivity (Wildman–Crippen MR) is 98.7 cm³/mol. The SMILES string of the molecule is COc1cc(/C=C/C(=O)NC2CCc3ccccc32)cc2c1OCCO2. The van der Waals surface area contributed by atoms with Gasteiger partial charge in [0.1, 0.15) is 13.2 Å². The van der Waals surface area contributed by atoms with Crippen molar-refractivity contribution >= 4 is 12.0 Å². The van der Waals surface area contributed by atoms with Gasteiger partial charge in [-0.1, -0.05) is 24.3 Å². The summed E-state index contributed by atoms with van der Waals surface area (Å²) in [6.45, 7) is 1.01. The third-order valence-corrected chi connectivity index (χ3v) is 4.73. The van der Waals surface area contributed by atoms with Crippen molar-refractivity contribution in [2.75, 3.05) is 20.3 Å². The van der Waals surface area contributed by atoms with E-state index in [9.17, 15) is 4.79 Å². The average molecular weight is 351 g/mol. The molecule has 2 aromatic rings. The van der Waals surface area contributed by atoms with Crippen molar-refractivity contribution in [3.8, 4) is 17.2 Å². The molecule has 1 amide bonds. The number of carbonyl (C=O) groups excluding carboxylic acids is 1. The summed E-state index contributed by atoms with van der Waals surface area (Å²) in [4.78, 5) is 12.3. The summed E-state index contributed by atoms with van der Waals surface area (Å²) in [5, 5.41) is 3.08. The number of methoxy groups -OCH3 is 1. The van der Waals surface area contributed by atoms with Gasteiger partial charge in [-0.3, -0.25) is 4.79 Å². The second-order valence-corrected chi connectivity index (χ2v) is 6.38. The minimum atomic E-state index is -0.111. The number of benzene rings is 2. The van der Waals surface area contributed by atoms with Gasteiger partial charge in [0, 0.05) is 6.08 Å². The number of hydrogen-bond acceptors (Lipinski definition) is 4. The minimum absolute atomic E-state index is 0.0816. The van der Waals surface area contributed by atoms with Gasteiger partial charge in [-0.2, -0.15) is 0 Å². The van der Waals surface area contributed by atoms with Crippen LogP contribution >= 0.6 is 0 Å². The molecule has 0 aromatic heterocycles. The van der Waals surface area contributed by atoms with Crippen LogP contribution in [0.3, 0.4) is 0 Å². The molecular formula is C21H21NO4. The van der Waals surface area contributed by atoms with E-state index in [0.717, 1.165) is 18.4 Å². The topological polar surface area (TPSA) is 56.8 Å². The van der Waals surface area contributed by atoms with Gasteiger partial charge < -0.3 is 19.5 Å². The van der Waals surface area contributed by atoms with E-state index in [1.165, 1.54) is 11.1 Å². The summed E-state index contributed by atoms with van der Waals surface area (Å²) in [5.74, 6) is 1.75. The molecule has 1 aliphatic carbocycles. The van der Waals surface area contributed by atoms with Gasteiger partial charge >= 0.3 is 0 Å². The van der Waals surface area contributed by atoms with Gasteiger partial charge in [0.05, 0.1) is 13.2 Å². The number of fused-ring (bicyclic) bond motifs is 2. The first-order valence-corrected chi connectivity index (χ1v) is 8.78. The Labute approximate surface area is 152 Å². The van der Waals surface area contributed by atoms with Crippen molar-refractivity contribution < 1.29 is 19.0 Å². The lowest BCUT2D eigenvalue weighted by atomic mass is 10.1. The second kappa shape index (κ2) is 7.12. The maximum absolute atomic E-state index is 12.3. The van der Waals surface area contributed by atoms with E-state index in [1.807, 2.05) is 24.3 Å². The van der Waals surface area contributed by atoms with Crippen LogP contribution in [0.4, 0.5) is 0 Å². The van der Waals surface area contributed by atoms with E-state index in [4.69, 9.17) is 14.2 Å². The highest BCUT2D eigenvalue weighted by molar-refractivity contribution is 5.92. The molecule has 5 nitrogen and oxygen atoms in total. The molecule has 0 saturated heterocycles. The number of carbonyl (C=O) groups is 1. The van der Waals surface area contributed by atoms with Crippen molar-refractivity contribution in [1.29, 1.82) is 0 Å². The quantitative estimate of drug-likeness (QED) is 0.859. The molecule has 0 spiro atoms. The lowest BCUT2D eigenvalue weighted by molar-refractivity contribution is -0.117. The molecule has 1 unspecified atom stereocenters. The van der Waals surface area contributed by atoms with E-state index < -0.39 is 0 Å². The largest absolute Gasteiger partial charge is 0.493 e. The van der Waals surface area contributed by atoms with E-state index in [-0.39, 0.29) is 11.9 Å². The summed E-state index contributed by atoms with van der Waals surface area (Å²) in [6, 6.07) is 12.0. The monoisotopic (exact) mass is 351 g/mol. The normalized spacial score (nSPS) is 17.8. The fourth-order valence-electron chi connectivity index (χ4n) is 3.49. The van der Waals surface area contributed by atoms with Crippen LogP contribution in [0.5, 0.6) is 17.2 Å². The zero-order chi connectivity index (χ0) is 17.9. The Morgan fingerprint density at radius 1 is 1.23 bits per heavy atom. The van der Waals surface area contributed by atoms with Crippen LogP contribution in [0.15, 0.2) is 42.5 Å². The molecule has 0 saturated carbocycles. The molecule has 2 aliphatic rings. The summed E-state index contributed by atoms with van der Waals surface area (Å²) in [6.07, 6.45) is 5.25. The van der Waals surface area contributed by atoms with Crippen LogP contribution in [0.1, 0.15) is 29.2 Å². The van der Waals surface area contributed by atoms with Gasteiger partial charge in [0.15, 0.2) is 11.5 Å². The second-order valence-electron chi connectivity index (χ2n) is 6.38. The van der Waals surface area contributed by atoms with Crippen LogP contribution in [-0.4, -0.2) is 26.2 Å². The van der Waals surface area contributed by atoms with Gasteiger partial charge in [0.2, 0.25) is 11.7 Å². The van der Waals surface area contributed by atoms with Crippen molar-refractivity contribution in [3.05, 3.63) is 59.2 Å². The first kappa shape index (κ1) is 16.5. The van der Waals surface area contributed by atoms with Crippen LogP contribution < -0.4 is 19.5 Å². The zero-order valence-electron chi connectivity index (χ0n) is 14.7. The van der Waals surface area contributed by atoms with Gasteiger partial charge in [0.25, 0.3) is 0 Å². The minimum Gasteiger partial charge on any atom is -0.493 e. The lowest BCUT2D eigenvalue weighted by Crippen LogP contribution is -2.25. The summed E-state index contributed by atoms with van der Waals surface area (Å²) in [7, 11) is 1.59. The molecule has 1 heterocycles. The van der Waals surface area contributed by atoms with Gasteiger partial charge in [-0.15, -0.1) is 0 Å². The molecule has 2 aromatic carbocycles. The Morgan fingerprint density at radius 2 is 2.08 bits per heavy atom.